The van der Waals surface area contributed by atoms with Crippen molar-refractivity contribution in [2.45, 2.75) is 0 Å². The van der Waals surface area contributed by atoms with Gasteiger partial charge in [0.2, 0.25) is 0 Å². The third kappa shape index (κ3) is 6.02. The highest BCUT2D eigenvalue weighted by Gasteiger charge is 2.21. The molecule has 0 fully saturated rings. The molecule has 0 spiro atoms. The summed E-state index contributed by atoms with van der Waals surface area (Å²) in [5.74, 6) is 2.54. The lowest BCUT2D eigenvalue weighted by Gasteiger charge is -2.13. The molecule has 0 aliphatic rings. The average Bonchev–Trinajstić information content (AvgIpc) is 3.61. The normalized spacial score (nSPS) is 11.3. The lowest BCUT2D eigenvalue weighted by atomic mass is 10.00. The van der Waals surface area contributed by atoms with E-state index in [2.05, 4.69) is 126 Å². The van der Waals surface area contributed by atoms with Gasteiger partial charge in [0.15, 0.2) is 23.3 Å². The van der Waals surface area contributed by atoms with Crippen LogP contribution >= 0.6 is 0 Å². The van der Waals surface area contributed by atoms with E-state index < -0.39 is 0 Å². The van der Waals surface area contributed by atoms with Crippen molar-refractivity contribution >= 4 is 21.9 Å². The Labute approximate surface area is 318 Å². The topological polar surface area (TPSA) is 69.4 Å². The SMILES string of the molecule is c1ccc(-c2nc(-c3ccccc3)nc(-c3cccc(-c4cccc(-c5nc(-c6ccccc6)c6c(n5)c5ccccc5n6-c5ccccc5)c4)c3)n2)cc1. The molecule has 10 aromatic rings. The molecule has 0 radical (unpaired) electrons. The van der Waals surface area contributed by atoms with Gasteiger partial charge in [0, 0.05) is 38.9 Å². The first-order chi connectivity index (χ1) is 27.3. The highest BCUT2D eigenvalue weighted by atomic mass is 15.0. The largest absolute Gasteiger partial charge is 0.306 e. The predicted molar refractivity (Wildman–Crippen MR) is 222 cm³/mol. The summed E-state index contributed by atoms with van der Waals surface area (Å²) in [6.07, 6.45) is 0. The van der Waals surface area contributed by atoms with Gasteiger partial charge >= 0.3 is 0 Å². The van der Waals surface area contributed by atoms with E-state index in [4.69, 9.17) is 24.9 Å². The Morgan fingerprint density at radius 2 is 0.727 bits per heavy atom. The third-order valence-corrected chi connectivity index (χ3v) is 9.84. The maximum atomic E-state index is 5.34. The summed E-state index contributed by atoms with van der Waals surface area (Å²) >= 11 is 0. The van der Waals surface area contributed by atoms with Gasteiger partial charge in [0.1, 0.15) is 5.52 Å². The Bertz CT molecular complexity index is 2900. The molecular formula is C49H32N6. The van der Waals surface area contributed by atoms with E-state index in [1.165, 1.54) is 0 Å². The van der Waals surface area contributed by atoms with Crippen molar-refractivity contribution in [3.8, 4) is 73.6 Å². The molecule has 0 atom stereocenters. The molecule has 7 aromatic carbocycles. The van der Waals surface area contributed by atoms with Gasteiger partial charge in [-0.3, -0.25) is 0 Å². The molecule has 0 aliphatic heterocycles. The Kier molecular flexibility index (Phi) is 8.04. The van der Waals surface area contributed by atoms with Crippen LogP contribution in [0.4, 0.5) is 0 Å². The van der Waals surface area contributed by atoms with Crippen LogP contribution in [0.3, 0.4) is 0 Å². The molecule has 258 valence electrons. The van der Waals surface area contributed by atoms with Crippen molar-refractivity contribution in [1.29, 1.82) is 0 Å². The minimum atomic E-state index is 0.613. The van der Waals surface area contributed by atoms with Crippen LogP contribution in [0.15, 0.2) is 194 Å². The number of hydrogen-bond donors (Lipinski definition) is 0. The molecule has 6 heteroatoms. The first kappa shape index (κ1) is 32.1. The van der Waals surface area contributed by atoms with Crippen LogP contribution in [0.2, 0.25) is 0 Å². The van der Waals surface area contributed by atoms with E-state index in [1.54, 1.807) is 0 Å². The van der Waals surface area contributed by atoms with Gasteiger partial charge in [-0.25, -0.2) is 24.9 Å². The van der Waals surface area contributed by atoms with Crippen molar-refractivity contribution < 1.29 is 0 Å². The molecule has 3 heterocycles. The van der Waals surface area contributed by atoms with Crippen LogP contribution in [0.1, 0.15) is 0 Å². The van der Waals surface area contributed by atoms with E-state index in [0.29, 0.717) is 23.3 Å². The van der Waals surface area contributed by atoms with Gasteiger partial charge in [-0.15, -0.1) is 0 Å². The van der Waals surface area contributed by atoms with Gasteiger partial charge in [-0.05, 0) is 41.5 Å². The number of fused-ring (bicyclic) bond motifs is 3. The Hall–Kier alpha value is -7.57. The van der Waals surface area contributed by atoms with Crippen LogP contribution in [0.5, 0.6) is 0 Å². The molecule has 10 rings (SSSR count). The summed E-state index contributed by atoms with van der Waals surface area (Å²) in [5.41, 5.74) is 11.7. The van der Waals surface area contributed by atoms with E-state index in [9.17, 15) is 0 Å². The summed E-state index contributed by atoms with van der Waals surface area (Å²) in [6.45, 7) is 0. The highest BCUT2D eigenvalue weighted by Crippen LogP contribution is 2.38. The van der Waals surface area contributed by atoms with E-state index in [1.807, 2.05) is 72.8 Å². The van der Waals surface area contributed by atoms with Crippen LogP contribution in [-0.4, -0.2) is 29.5 Å². The molecule has 0 bridgehead atoms. The minimum absolute atomic E-state index is 0.613. The van der Waals surface area contributed by atoms with Crippen molar-refractivity contribution in [2.75, 3.05) is 0 Å². The fourth-order valence-electron chi connectivity index (χ4n) is 7.23. The predicted octanol–water partition coefficient (Wildman–Crippen LogP) is 11.8. The lowest BCUT2D eigenvalue weighted by molar-refractivity contribution is 1.07. The zero-order chi connectivity index (χ0) is 36.6. The second kappa shape index (κ2) is 13.8. The number of benzene rings is 7. The number of hydrogen-bond acceptors (Lipinski definition) is 5. The van der Waals surface area contributed by atoms with E-state index in [-0.39, 0.29) is 0 Å². The summed E-state index contributed by atoms with van der Waals surface area (Å²) in [5, 5.41) is 1.08. The maximum Gasteiger partial charge on any atom is 0.164 e. The smallest absolute Gasteiger partial charge is 0.164 e. The molecule has 0 amide bonds. The Balaban J connectivity index is 1.11. The number of rotatable bonds is 7. The van der Waals surface area contributed by atoms with Crippen molar-refractivity contribution in [1.82, 2.24) is 29.5 Å². The zero-order valence-electron chi connectivity index (χ0n) is 29.7. The second-order valence-electron chi connectivity index (χ2n) is 13.3. The van der Waals surface area contributed by atoms with Crippen molar-refractivity contribution in [3.05, 3.63) is 194 Å². The third-order valence-electron chi connectivity index (χ3n) is 9.84. The quantitative estimate of drug-likeness (QED) is 0.165. The average molecular weight is 705 g/mol. The zero-order valence-corrected chi connectivity index (χ0v) is 29.7. The first-order valence-corrected chi connectivity index (χ1v) is 18.3. The summed E-state index contributed by atoms with van der Waals surface area (Å²) < 4.78 is 2.28. The highest BCUT2D eigenvalue weighted by molar-refractivity contribution is 6.11. The first-order valence-electron chi connectivity index (χ1n) is 18.3. The molecule has 3 aromatic heterocycles. The van der Waals surface area contributed by atoms with Gasteiger partial charge in [0.25, 0.3) is 0 Å². The number of nitrogens with zero attached hydrogens (tertiary/aromatic N) is 6. The number of aromatic nitrogens is 6. The summed E-state index contributed by atoms with van der Waals surface area (Å²) in [4.78, 5) is 25.5. The molecule has 55 heavy (non-hydrogen) atoms. The van der Waals surface area contributed by atoms with Crippen LogP contribution in [0.25, 0.3) is 95.6 Å². The molecular weight excluding hydrogens is 673 g/mol. The molecule has 0 aliphatic carbocycles. The maximum absolute atomic E-state index is 5.34. The molecule has 6 nitrogen and oxygen atoms in total. The van der Waals surface area contributed by atoms with Crippen molar-refractivity contribution in [2.24, 2.45) is 0 Å². The van der Waals surface area contributed by atoms with Gasteiger partial charge in [-0.2, -0.15) is 0 Å². The van der Waals surface area contributed by atoms with Crippen LogP contribution in [0, 0.1) is 0 Å². The fourth-order valence-corrected chi connectivity index (χ4v) is 7.23. The molecule has 0 unspecified atom stereocenters. The molecule has 0 saturated carbocycles. The molecule has 0 saturated heterocycles. The van der Waals surface area contributed by atoms with Crippen LogP contribution in [-0.2, 0) is 0 Å². The molecule has 0 N–H and O–H groups in total. The minimum Gasteiger partial charge on any atom is -0.306 e. The summed E-state index contributed by atoms with van der Waals surface area (Å²) in [6, 6.07) is 66.2. The van der Waals surface area contributed by atoms with Gasteiger partial charge in [-0.1, -0.05) is 164 Å². The van der Waals surface area contributed by atoms with Gasteiger partial charge in [0.05, 0.1) is 16.7 Å². The van der Waals surface area contributed by atoms with Gasteiger partial charge < -0.3 is 4.57 Å². The Morgan fingerprint density at radius 1 is 0.309 bits per heavy atom. The standard InChI is InChI=1S/C49H32N6/c1-5-17-33(18-6-1)43-45-44(41-29-13-14-30-42(41)55(45)40-27-11-4-12-28-40)51-48(50-43)38-25-15-23-36(31-38)37-24-16-26-39(32-37)49-53-46(34-19-7-2-8-20-34)52-47(54-49)35-21-9-3-10-22-35/h1-32H. The fraction of sp³-hybridized carbons (Fsp3) is 0. The van der Waals surface area contributed by atoms with E-state index in [0.717, 1.165) is 72.3 Å². The van der Waals surface area contributed by atoms with Crippen LogP contribution < -0.4 is 0 Å². The second-order valence-corrected chi connectivity index (χ2v) is 13.3. The lowest BCUT2D eigenvalue weighted by Crippen LogP contribution is -2.00. The monoisotopic (exact) mass is 704 g/mol. The number of para-hydroxylation sites is 2. The summed E-state index contributed by atoms with van der Waals surface area (Å²) in [7, 11) is 0. The van der Waals surface area contributed by atoms with E-state index >= 15 is 0 Å². The Morgan fingerprint density at radius 3 is 1.29 bits per heavy atom. The van der Waals surface area contributed by atoms with Crippen molar-refractivity contribution in [3.63, 3.8) is 0 Å².